The zero-order chi connectivity index (χ0) is 3.58. The summed E-state index contributed by atoms with van der Waals surface area (Å²) in [5.41, 5.74) is 0. The maximum Gasteiger partial charge on any atom is 0.542 e. The van der Waals surface area contributed by atoms with Crippen molar-refractivity contribution in [1.82, 2.24) is 0 Å². The van der Waals surface area contributed by atoms with Gasteiger partial charge in [0.2, 0.25) is 0 Å². The van der Waals surface area contributed by atoms with Crippen LogP contribution >= 0.6 is 42.2 Å². The van der Waals surface area contributed by atoms with Crippen LogP contribution in [0.25, 0.3) is 0 Å². The average Bonchev–Trinajstić information content (AvgIpc) is 0.811. The molecule has 0 aromatic carbocycles. The van der Waals surface area contributed by atoms with Gasteiger partial charge in [-0.15, -0.1) is 0 Å². The van der Waals surface area contributed by atoms with Gasteiger partial charge in [0, 0.05) is 18.9 Å². The molecule has 0 rings (SSSR count). The summed E-state index contributed by atoms with van der Waals surface area (Å²) >= 11 is 9.73. The van der Waals surface area contributed by atoms with Crippen LogP contribution in [0.5, 0.6) is 0 Å². The summed E-state index contributed by atoms with van der Waals surface area (Å²) in [7, 11) is -0.701. The predicted octanol–water partition coefficient (Wildman–Crippen LogP) is 1.78. The molecule has 0 N–H and O–H groups in total. The van der Waals surface area contributed by atoms with Gasteiger partial charge in [-0.2, -0.15) is 42.2 Å². The third kappa shape index (κ3) is 20.8. The molecular formula is AlBr3Li. The van der Waals surface area contributed by atoms with E-state index < -0.39 is 8.67 Å². The van der Waals surface area contributed by atoms with E-state index in [0.29, 0.717) is 0 Å². The van der Waals surface area contributed by atoms with Gasteiger partial charge in [0.1, 0.15) is 0 Å². The maximum absolute atomic E-state index is 3.24. The molecule has 0 nitrogen and oxygen atoms in total. The van der Waals surface area contributed by atoms with Crippen LogP contribution in [0.1, 0.15) is 0 Å². The summed E-state index contributed by atoms with van der Waals surface area (Å²) in [5, 5.41) is 0. The van der Waals surface area contributed by atoms with E-state index >= 15 is 0 Å². The Morgan fingerprint density at radius 2 is 1.00 bits per heavy atom. The first-order valence-corrected chi connectivity index (χ1v) is 10.2. The molecule has 5 heteroatoms. The van der Waals surface area contributed by atoms with Gasteiger partial charge in [0.25, 0.3) is 0 Å². The fourth-order valence-corrected chi connectivity index (χ4v) is 0. The molecule has 1 radical (unpaired) electrons. The van der Waals surface area contributed by atoms with Crippen LogP contribution in [0.15, 0.2) is 0 Å². The standard InChI is InChI=1S/Al.3BrH.Li/h;3*1H;/q+3;;;;/p-3. The molecule has 0 heterocycles. The monoisotopic (exact) mass is 271 g/mol. The Morgan fingerprint density at radius 1 is 1.00 bits per heavy atom. The summed E-state index contributed by atoms with van der Waals surface area (Å²) in [6, 6.07) is 0. The number of hydrogen-bond acceptors (Lipinski definition) is 0. The molecule has 25 valence electrons. The van der Waals surface area contributed by atoms with Crippen LogP contribution < -0.4 is 0 Å². The fraction of sp³-hybridized carbons (Fsp3) is 0. The minimum atomic E-state index is -0.701. The predicted molar refractivity (Wildman–Crippen MR) is 38.3 cm³/mol. The maximum atomic E-state index is 3.24. The van der Waals surface area contributed by atoms with Crippen LogP contribution in [0.3, 0.4) is 0 Å². The third-order valence-electron chi connectivity index (χ3n) is 0. The normalized spacial score (nSPS) is 5.40. The van der Waals surface area contributed by atoms with Crippen molar-refractivity contribution < 1.29 is 0 Å². The molecule has 0 saturated heterocycles. The molecule has 0 saturated carbocycles. The first kappa shape index (κ1) is 10.5. The van der Waals surface area contributed by atoms with Crippen LogP contribution in [0.4, 0.5) is 0 Å². The van der Waals surface area contributed by atoms with Gasteiger partial charge in [0.15, 0.2) is 0 Å². The first-order chi connectivity index (χ1) is 1.73. The number of halogens is 3. The van der Waals surface area contributed by atoms with E-state index in [2.05, 4.69) is 42.2 Å². The Morgan fingerprint density at radius 3 is 1.00 bits per heavy atom. The fourth-order valence-electron chi connectivity index (χ4n) is 0. The van der Waals surface area contributed by atoms with E-state index in [1.54, 1.807) is 0 Å². The summed E-state index contributed by atoms with van der Waals surface area (Å²) in [6.07, 6.45) is 0. The Bertz CT molecular complexity index is 11.6. The van der Waals surface area contributed by atoms with Crippen molar-refractivity contribution in [2.24, 2.45) is 0 Å². The van der Waals surface area contributed by atoms with Crippen molar-refractivity contribution >= 4 is 69.7 Å². The quantitative estimate of drug-likeness (QED) is 0.590. The molecule has 0 aromatic rings. The summed E-state index contributed by atoms with van der Waals surface area (Å²) in [5.74, 6) is 0. The number of hydrogen-bond donors (Lipinski definition) is 0. The topological polar surface area (TPSA) is 0 Å². The van der Waals surface area contributed by atoms with Crippen molar-refractivity contribution in [3.05, 3.63) is 0 Å². The van der Waals surface area contributed by atoms with Crippen LogP contribution in [-0.4, -0.2) is 27.5 Å². The summed E-state index contributed by atoms with van der Waals surface area (Å²) < 4.78 is 0. The SMILES string of the molecule is [Br][Al]([Br])[Br].[Li]. The smallest absolute Gasteiger partial charge is 0.181 e. The Balaban J connectivity index is 0. The van der Waals surface area contributed by atoms with Gasteiger partial charge < -0.3 is 0 Å². The van der Waals surface area contributed by atoms with Gasteiger partial charge in [-0.05, 0) is 0 Å². The zero-order valence-electron chi connectivity index (χ0n) is 2.71. The van der Waals surface area contributed by atoms with E-state index in [4.69, 9.17) is 0 Å². The molecule has 0 amide bonds. The largest absolute Gasteiger partial charge is 0.542 e. The first-order valence-electron chi connectivity index (χ1n) is 0.655. The molecule has 0 unspecified atom stereocenters. The van der Waals surface area contributed by atoms with Crippen LogP contribution in [-0.2, 0) is 0 Å². The molecule has 0 bridgehead atoms. The van der Waals surface area contributed by atoms with Crippen LogP contribution in [0.2, 0.25) is 0 Å². The molecule has 0 spiro atoms. The Labute approximate surface area is 68.6 Å². The van der Waals surface area contributed by atoms with Gasteiger partial charge in [0.05, 0.1) is 0 Å². The van der Waals surface area contributed by atoms with E-state index in [1.165, 1.54) is 0 Å². The Hall–Kier alpha value is 2.57. The average molecular weight is 274 g/mol. The van der Waals surface area contributed by atoms with Crippen molar-refractivity contribution in [1.29, 1.82) is 0 Å². The molecule has 0 aliphatic carbocycles. The summed E-state index contributed by atoms with van der Waals surface area (Å²) in [6.45, 7) is 0. The van der Waals surface area contributed by atoms with E-state index in [9.17, 15) is 0 Å². The Kier molecular flexibility index (Phi) is 13.8. The second kappa shape index (κ2) is 6.57. The van der Waals surface area contributed by atoms with Crippen LogP contribution in [0, 0.1) is 0 Å². The summed E-state index contributed by atoms with van der Waals surface area (Å²) in [4.78, 5) is 0. The molecule has 0 aliphatic rings. The molecule has 0 fully saturated rings. The molecule has 5 heavy (non-hydrogen) atoms. The van der Waals surface area contributed by atoms with Crippen molar-refractivity contribution in [2.75, 3.05) is 0 Å². The van der Waals surface area contributed by atoms with Gasteiger partial charge in [-0.3, -0.25) is 0 Å². The van der Waals surface area contributed by atoms with Crippen molar-refractivity contribution in [3.63, 3.8) is 0 Å². The minimum Gasteiger partial charge on any atom is -0.181 e. The molecule has 0 aromatic heterocycles. The van der Waals surface area contributed by atoms with Gasteiger partial charge in [-0.1, -0.05) is 0 Å². The van der Waals surface area contributed by atoms with Gasteiger partial charge in [-0.25, -0.2) is 0 Å². The third-order valence-corrected chi connectivity index (χ3v) is 0. The van der Waals surface area contributed by atoms with E-state index in [-0.39, 0.29) is 18.9 Å². The molecule has 0 aliphatic heterocycles. The zero-order valence-corrected chi connectivity index (χ0v) is 8.62. The minimum absolute atomic E-state index is 0. The van der Waals surface area contributed by atoms with Crippen molar-refractivity contribution in [3.8, 4) is 0 Å². The van der Waals surface area contributed by atoms with Gasteiger partial charge >= 0.3 is 8.67 Å². The van der Waals surface area contributed by atoms with Crippen molar-refractivity contribution in [2.45, 2.75) is 0 Å². The van der Waals surface area contributed by atoms with E-state index in [1.807, 2.05) is 0 Å². The molecular weight excluding hydrogens is 274 g/mol. The number of rotatable bonds is 0. The second-order valence-corrected chi connectivity index (χ2v) is 20.0. The second-order valence-electron chi connectivity index (χ2n) is 0.247. The van der Waals surface area contributed by atoms with E-state index in [0.717, 1.165) is 0 Å². The molecule has 0 atom stereocenters.